The van der Waals surface area contributed by atoms with Crippen LogP contribution in [0.3, 0.4) is 0 Å². The molecule has 28 heavy (non-hydrogen) atoms. The first kappa shape index (κ1) is 21.5. The van der Waals surface area contributed by atoms with Crippen molar-refractivity contribution in [1.29, 1.82) is 0 Å². The van der Waals surface area contributed by atoms with Gasteiger partial charge in [0.1, 0.15) is 25.2 Å². The van der Waals surface area contributed by atoms with Gasteiger partial charge in [-0.25, -0.2) is 0 Å². The van der Waals surface area contributed by atoms with Gasteiger partial charge in [-0.3, -0.25) is 0 Å². The molecule has 0 aliphatic heterocycles. The number of aryl methyl sites for hydroxylation is 2. The Labute approximate surface area is 168 Å². The maximum absolute atomic E-state index is 6.12. The molecule has 0 saturated carbocycles. The zero-order chi connectivity index (χ0) is 20.4. The monoisotopic (exact) mass is 381 g/mol. The van der Waals surface area contributed by atoms with E-state index in [0.717, 1.165) is 34.6 Å². The van der Waals surface area contributed by atoms with E-state index < -0.39 is 0 Å². The van der Waals surface area contributed by atoms with Gasteiger partial charge in [0.25, 0.3) is 0 Å². The summed E-state index contributed by atoms with van der Waals surface area (Å²) >= 11 is 0. The zero-order valence-corrected chi connectivity index (χ0v) is 17.6. The summed E-state index contributed by atoms with van der Waals surface area (Å²) in [5, 5.41) is 3.83. The number of hydrogen-bond donors (Lipinski definition) is 0. The van der Waals surface area contributed by atoms with Crippen LogP contribution in [0.5, 0.6) is 11.5 Å². The Bertz CT molecular complexity index is 788. The molecular formula is C24H31NO3. The molecule has 0 aliphatic rings. The second-order valence-electron chi connectivity index (χ2n) is 6.89. The van der Waals surface area contributed by atoms with Crippen molar-refractivity contribution in [2.45, 2.75) is 40.0 Å². The van der Waals surface area contributed by atoms with Crippen LogP contribution in [0.15, 0.2) is 53.7 Å². The molecule has 0 radical (unpaired) electrons. The molecule has 0 bridgehead atoms. The van der Waals surface area contributed by atoms with Crippen LogP contribution in [0.2, 0.25) is 0 Å². The molecule has 150 valence electrons. The summed E-state index contributed by atoms with van der Waals surface area (Å²) in [6, 6.07) is 12.4. The van der Waals surface area contributed by atoms with Crippen molar-refractivity contribution in [3.63, 3.8) is 0 Å². The summed E-state index contributed by atoms with van der Waals surface area (Å²) in [7, 11) is 1.55. The van der Waals surface area contributed by atoms with Crippen molar-refractivity contribution in [3.8, 4) is 11.5 Å². The Morgan fingerprint density at radius 2 is 1.82 bits per heavy atom. The quantitative estimate of drug-likeness (QED) is 0.296. The molecule has 4 heteroatoms. The van der Waals surface area contributed by atoms with Crippen molar-refractivity contribution in [2.75, 3.05) is 20.3 Å². The first-order valence-corrected chi connectivity index (χ1v) is 9.69. The highest BCUT2D eigenvalue weighted by atomic mass is 16.6. The van der Waals surface area contributed by atoms with E-state index in [2.05, 4.69) is 38.1 Å². The van der Waals surface area contributed by atoms with Gasteiger partial charge < -0.3 is 14.3 Å². The van der Waals surface area contributed by atoms with E-state index in [-0.39, 0.29) is 0 Å². The van der Waals surface area contributed by atoms with E-state index in [0.29, 0.717) is 19.1 Å². The highest BCUT2D eigenvalue weighted by molar-refractivity contribution is 5.79. The first-order chi connectivity index (χ1) is 13.5. The number of allylic oxidation sites excluding steroid dienone is 1. The topological polar surface area (TPSA) is 40.0 Å². The Kier molecular flexibility index (Phi) is 8.60. The van der Waals surface area contributed by atoms with Crippen molar-refractivity contribution in [2.24, 2.45) is 5.16 Å². The number of ether oxygens (including phenoxy) is 2. The minimum atomic E-state index is 0.389. The van der Waals surface area contributed by atoms with Gasteiger partial charge in [-0.1, -0.05) is 42.4 Å². The lowest BCUT2D eigenvalue weighted by molar-refractivity contribution is 0.215. The summed E-state index contributed by atoms with van der Waals surface area (Å²) in [4.78, 5) is 4.76. The molecule has 0 aliphatic carbocycles. The van der Waals surface area contributed by atoms with E-state index in [1.54, 1.807) is 13.3 Å². The number of benzene rings is 2. The SMILES string of the molecule is C/C=C/COc1cc(C)c(OCCC(C)c2cccc(C=NOC)c2)c(C)c1. The van der Waals surface area contributed by atoms with Crippen molar-refractivity contribution in [1.82, 2.24) is 0 Å². The molecule has 2 aromatic carbocycles. The number of oxime groups is 1. The molecule has 1 unspecified atom stereocenters. The third-order valence-electron chi connectivity index (χ3n) is 4.60. The van der Waals surface area contributed by atoms with E-state index in [1.807, 2.05) is 43.3 Å². The van der Waals surface area contributed by atoms with Crippen LogP contribution in [0.4, 0.5) is 0 Å². The third kappa shape index (κ3) is 6.45. The van der Waals surface area contributed by atoms with Gasteiger partial charge in [-0.2, -0.15) is 0 Å². The van der Waals surface area contributed by atoms with E-state index >= 15 is 0 Å². The molecule has 1 atom stereocenters. The standard InChI is InChI=1S/C24H31NO3/c1-6-7-12-27-23-14-19(3)24(20(4)15-23)28-13-11-18(2)22-10-8-9-21(16-22)17-25-26-5/h6-10,14-18H,11-13H2,1-5H3/b7-6+,25-17?. The molecule has 2 aromatic rings. The lowest BCUT2D eigenvalue weighted by Gasteiger charge is -2.17. The average Bonchev–Trinajstić information content (AvgIpc) is 2.68. The van der Waals surface area contributed by atoms with Crippen LogP contribution in [-0.4, -0.2) is 26.5 Å². The number of nitrogens with zero attached hydrogens (tertiary/aromatic N) is 1. The molecule has 0 N–H and O–H groups in total. The minimum absolute atomic E-state index is 0.389. The van der Waals surface area contributed by atoms with Crippen LogP contribution in [0.1, 0.15) is 48.4 Å². The largest absolute Gasteiger partial charge is 0.493 e. The maximum Gasteiger partial charge on any atom is 0.125 e. The third-order valence-corrected chi connectivity index (χ3v) is 4.60. The van der Waals surface area contributed by atoms with Gasteiger partial charge in [-0.05, 0) is 73.6 Å². The lowest BCUT2D eigenvalue weighted by atomic mass is 9.96. The molecule has 4 nitrogen and oxygen atoms in total. The Hall–Kier alpha value is -2.75. The van der Waals surface area contributed by atoms with Crippen LogP contribution in [0, 0.1) is 13.8 Å². The molecule has 0 spiro atoms. The van der Waals surface area contributed by atoms with E-state index in [1.165, 1.54) is 5.56 Å². The van der Waals surface area contributed by atoms with Crippen LogP contribution in [-0.2, 0) is 4.84 Å². The van der Waals surface area contributed by atoms with E-state index in [4.69, 9.17) is 14.3 Å². The maximum atomic E-state index is 6.12. The smallest absolute Gasteiger partial charge is 0.125 e. The minimum Gasteiger partial charge on any atom is -0.493 e. The van der Waals surface area contributed by atoms with E-state index in [9.17, 15) is 0 Å². The fourth-order valence-corrected chi connectivity index (χ4v) is 3.03. The molecule has 2 rings (SSSR count). The second kappa shape index (κ2) is 11.2. The second-order valence-corrected chi connectivity index (χ2v) is 6.89. The first-order valence-electron chi connectivity index (χ1n) is 9.69. The number of hydrogen-bond acceptors (Lipinski definition) is 4. The molecule has 0 fully saturated rings. The molecule has 0 heterocycles. The summed E-state index contributed by atoms with van der Waals surface area (Å²) in [6.45, 7) is 9.58. The van der Waals surface area contributed by atoms with Gasteiger partial charge in [-0.15, -0.1) is 0 Å². The highest BCUT2D eigenvalue weighted by Crippen LogP contribution is 2.29. The van der Waals surface area contributed by atoms with Crippen LogP contribution in [0.25, 0.3) is 0 Å². The number of rotatable bonds is 10. The Morgan fingerprint density at radius 3 is 2.50 bits per heavy atom. The summed E-state index contributed by atoms with van der Waals surface area (Å²) in [6.07, 6.45) is 6.63. The Morgan fingerprint density at radius 1 is 1.07 bits per heavy atom. The van der Waals surface area contributed by atoms with Crippen molar-refractivity contribution >= 4 is 6.21 Å². The molecule has 0 saturated heterocycles. The van der Waals surface area contributed by atoms with Gasteiger partial charge >= 0.3 is 0 Å². The lowest BCUT2D eigenvalue weighted by Crippen LogP contribution is -2.06. The molecule has 0 aromatic heterocycles. The van der Waals surface area contributed by atoms with Crippen LogP contribution >= 0.6 is 0 Å². The summed E-state index contributed by atoms with van der Waals surface area (Å²) < 4.78 is 11.9. The van der Waals surface area contributed by atoms with Crippen molar-refractivity contribution in [3.05, 3.63) is 70.8 Å². The molecule has 0 amide bonds. The molecular weight excluding hydrogens is 350 g/mol. The zero-order valence-electron chi connectivity index (χ0n) is 17.6. The Balaban J connectivity index is 1.94. The van der Waals surface area contributed by atoms with Gasteiger partial charge in [0, 0.05) is 0 Å². The van der Waals surface area contributed by atoms with Gasteiger partial charge in [0.05, 0.1) is 12.8 Å². The fourth-order valence-electron chi connectivity index (χ4n) is 3.03. The van der Waals surface area contributed by atoms with Crippen molar-refractivity contribution < 1.29 is 14.3 Å². The van der Waals surface area contributed by atoms with Gasteiger partial charge in [0.15, 0.2) is 0 Å². The fraction of sp³-hybridized carbons (Fsp3) is 0.375. The predicted molar refractivity (Wildman–Crippen MR) is 116 cm³/mol. The highest BCUT2D eigenvalue weighted by Gasteiger charge is 2.10. The summed E-state index contributed by atoms with van der Waals surface area (Å²) in [5.41, 5.74) is 4.50. The van der Waals surface area contributed by atoms with Gasteiger partial charge in [0.2, 0.25) is 0 Å². The average molecular weight is 382 g/mol. The predicted octanol–water partition coefficient (Wildman–Crippen LogP) is 5.81. The summed E-state index contributed by atoms with van der Waals surface area (Å²) in [5.74, 6) is 2.22. The van der Waals surface area contributed by atoms with Crippen LogP contribution < -0.4 is 9.47 Å². The normalized spacial score (nSPS) is 12.5.